The molecule has 0 saturated carbocycles. The predicted octanol–water partition coefficient (Wildman–Crippen LogP) is 5.00. The maximum Gasteiger partial charge on any atom is 0.408 e. The van der Waals surface area contributed by atoms with Crippen LogP contribution >= 0.6 is 0 Å². The van der Waals surface area contributed by atoms with Crippen molar-refractivity contribution < 1.29 is 19.1 Å². The van der Waals surface area contributed by atoms with E-state index in [9.17, 15) is 14.4 Å². The molecule has 0 aliphatic rings. The van der Waals surface area contributed by atoms with Crippen molar-refractivity contribution in [2.24, 2.45) is 0 Å². The monoisotopic (exact) mass is 467 g/mol. The first-order valence-electron chi connectivity index (χ1n) is 11.7. The highest BCUT2D eigenvalue weighted by Gasteiger charge is 2.34. The number of carbonyl (C=O) groups is 3. The molecule has 0 spiro atoms. The van der Waals surface area contributed by atoms with E-state index in [0.29, 0.717) is 11.3 Å². The van der Waals surface area contributed by atoms with Gasteiger partial charge in [0, 0.05) is 12.2 Å². The number of nitrogens with one attached hydrogen (secondary N) is 2. The van der Waals surface area contributed by atoms with Crippen LogP contribution in [0.3, 0.4) is 0 Å². The van der Waals surface area contributed by atoms with Gasteiger partial charge in [0.05, 0.1) is 0 Å². The minimum Gasteiger partial charge on any atom is -0.444 e. The predicted molar refractivity (Wildman–Crippen MR) is 135 cm³/mol. The summed E-state index contributed by atoms with van der Waals surface area (Å²) in [6, 6.07) is 13.4. The number of rotatable bonds is 8. The van der Waals surface area contributed by atoms with Gasteiger partial charge in [-0.3, -0.25) is 9.59 Å². The second-order valence-electron chi connectivity index (χ2n) is 9.29. The van der Waals surface area contributed by atoms with Crippen molar-refractivity contribution in [1.82, 2.24) is 10.2 Å². The van der Waals surface area contributed by atoms with E-state index in [4.69, 9.17) is 4.74 Å². The largest absolute Gasteiger partial charge is 0.444 e. The Kier molecular flexibility index (Phi) is 9.24. The van der Waals surface area contributed by atoms with E-state index >= 15 is 0 Å². The van der Waals surface area contributed by atoms with Gasteiger partial charge in [0.2, 0.25) is 5.91 Å². The molecule has 2 aromatic rings. The summed E-state index contributed by atoms with van der Waals surface area (Å²) in [5.74, 6) is -0.698. The van der Waals surface area contributed by atoms with Crippen molar-refractivity contribution in [3.05, 3.63) is 65.2 Å². The first-order valence-corrected chi connectivity index (χ1v) is 11.7. The molecule has 34 heavy (non-hydrogen) atoms. The molecule has 2 unspecified atom stereocenters. The molecule has 0 fully saturated rings. The second-order valence-corrected chi connectivity index (χ2v) is 9.29. The quantitative estimate of drug-likeness (QED) is 0.572. The van der Waals surface area contributed by atoms with Gasteiger partial charge in [-0.1, -0.05) is 49.4 Å². The minimum atomic E-state index is -0.876. The maximum atomic E-state index is 13.5. The lowest BCUT2D eigenvalue weighted by Gasteiger charge is -2.33. The highest BCUT2D eigenvalue weighted by molar-refractivity contribution is 5.99. The van der Waals surface area contributed by atoms with Gasteiger partial charge < -0.3 is 20.3 Å². The lowest BCUT2D eigenvalue weighted by atomic mass is 10.0. The maximum absolute atomic E-state index is 13.5. The molecule has 0 radical (unpaired) electrons. The SMILES string of the molecule is CCc1ccc(C(C(=O)Nc2ccccc2C)N(CC)C(=O)C(C)NC(=O)OC(C)(C)C)cc1. The van der Waals surface area contributed by atoms with Crippen molar-refractivity contribution in [2.75, 3.05) is 11.9 Å². The number of benzene rings is 2. The van der Waals surface area contributed by atoms with Gasteiger partial charge in [-0.25, -0.2) is 4.79 Å². The molecule has 2 rings (SSSR count). The number of nitrogens with zero attached hydrogens (tertiary/aromatic N) is 1. The average molecular weight is 468 g/mol. The minimum absolute atomic E-state index is 0.278. The number of aryl methyl sites for hydroxylation is 2. The van der Waals surface area contributed by atoms with E-state index in [0.717, 1.165) is 17.5 Å². The summed E-state index contributed by atoms with van der Waals surface area (Å²) in [5.41, 5.74) is 2.75. The van der Waals surface area contributed by atoms with E-state index in [1.54, 1.807) is 27.7 Å². The van der Waals surface area contributed by atoms with Gasteiger partial charge >= 0.3 is 6.09 Å². The van der Waals surface area contributed by atoms with Crippen LogP contribution in [-0.4, -0.2) is 41.0 Å². The lowest BCUT2D eigenvalue weighted by Crippen LogP contribution is -2.51. The fourth-order valence-electron chi connectivity index (χ4n) is 3.58. The molecular weight excluding hydrogens is 430 g/mol. The van der Waals surface area contributed by atoms with Gasteiger partial charge in [0.1, 0.15) is 17.7 Å². The van der Waals surface area contributed by atoms with Crippen LogP contribution in [0.15, 0.2) is 48.5 Å². The summed E-state index contributed by atoms with van der Waals surface area (Å²) in [7, 11) is 0. The Bertz CT molecular complexity index is 996. The van der Waals surface area contributed by atoms with Crippen molar-refractivity contribution in [1.29, 1.82) is 0 Å². The third-order valence-electron chi connectivity index (χ3n) is 5.39. The van der Waals surface area contributed by atoms with Crippen LogP contribution in [-0.2, 0) is 20.7 Å². The number of hydrogen-bond donors (Lipinski definition) is 2. The topological polar surface area (TPSA) is 87.7 Å². The summed E-state index contributed by atoms with van der Waals surface area (Å²) >= 11 is 0. The van der Waals surface area contributed by atoms with E-state index in [2.05, 4.69) is 17.6 Å². The van der Waals surface area contributed by atoms with Gasteiger partial charge in [-0.15, -0.1) is 0 Å². The van der Waals surface area contributed by atoms with Crippen LogP contribution in [0.2, 0.25) is 0 Å². The van der Waals surface area contributed by atoms with Crippen molar-refractivity contribution in [3.8, 4) is 0 Å². The van der Waals surface area contributed by atoms with E-state index < -0.39 is 23.8 Å². The molecule has 0 bridgehead atoms. The number of amides is 3. The summed E-state index contributed by atoms with van der Waals surface area (Å²) in [6.45, 7) is 12.9. The van der Waals surface area contributed by atoms with Gasteiger partial charge in [0.25, 0.3) is 5.91 Å². The van der Waals surface area contributed by atoms with Gasteiger partial charge in [-0.2, -0.15) is 0 Å². The molecule has 2 atom stereocenters. The number of alkyl carbamates (subject to hydrolysis) is 1. The number of anilines is 1. The number of hydrogen-bond acceptors (Lipinski definition) is 4. The summed E-state index contributed by atoms with van der Waals surface area (Å²) in [6.07, 6.45) is 0.186. The number of likely N-dealkylation sites (N-methyl/N-ethyl adjacent to an activating group) is 1. The van der Waals surface area contributed by atoms with Crippen LogP contribution in [0.1, 0.15) is 64.3 Å². The van der Waals surface area contributed by atoms with E-state index in [-0.39, 0.29) is 18.4 Å². The molecule has 3 amide bonds. The Morgan fingerprint density at radius 2 is 1.62 bits per heavy atom. The standard InChI is InChI=1S/C27H37N3O4/c1-8-20-14-16-21(17-15-20)23(24(31)29-22-13-11-10-12-18(22)3)30(9-2)25(32)19(4)28-26(33)34-27(5,6)7/h10-17,19,23H,8-9H2,1-7H3,(H,28,33)(H,29,31). The second kappa shape index (κ2) is 11.7. The molecule has 0 saturated heterocycles. The number of carbonyl (C=O) groups excluding carboxylic acids is 3. The lowest BCUT2D eigenvalue weighted by molar-refractivity contribution is -0.140. The van der Waals surface area contributed by atoms with Crippen molar-refractivity contribution >= 4 is 23.6 Å². The molecular formula is C27H37N3O4. The zero-order chi connectivity index (χ0) is 25.5. The Hall–Kier alpha value is -3.35. The summed E-state index contributed by atoms with van der Waals surface area (Å²) in [5, 5.41) is 5.56. The summed E-state index contributed by atoms with van der Waals surface area (Å²) in [4.78, 5) is 40.7. The molecule has 2 N–H and O–H groups in total. The average Bonchev–Trinajstić information content (AvgIpc) is 2.77. The highest BCUT2D eigenvalue weighted by atomic mass is 16.6. The molecule has 184 valence electrons. The Balaban J connectivity index is 2.36. The Labute approximate surface area is 202 Å². The zero-order valence-corrected chi connectivity index (χ0v) is 21.3. The third kappa shape index (κ3) is 7.33. The Morgan fingerprint density at radius 3 is 2.15 bits per heavy atom. The first kappa shape index (κ1) is 26.9. The molecule has 0 aliphatic heterocycles. The van der Waals surface area contributed by atoms with Gasteiger partial charge in [0.15, 0.2) is 0 Å². The Morgan fingerprint density at radius 1 is 1.00 bits per heavy atom. The number of ether oxygens (including phenoxy) is 1. The van der Waals surface area contributed by atoms with Crippen LogP contribution in [0.4, 0.5) is 10.5 Å². The third-order valence-corrected chi connectivity index (χ3v) is 5.39. The first-order chi connectivity index (χ1) is 16.0. The molecule has 0 aromatic heterocycles. The van der Waals surface area contributed by atoms with E-state index in [1.165, 1.54) is 4.90 Å². The van der Waals surface area contributed by atoms with Gasteiger partial charge in [-0.05, 0) is 70.7 Å². The zero-order valence-electron chi connectivity index (χ0n) is 21.3. The molecule has 7 heteroatoms. The number of para-hydroxylation sites is 1. The van der Waals surface area contributed by atoms with Crippen molar-refractivity contribution in [3.63, 3.8) is 0 Å². The summed E-state index contributed by atoms with van der Waals surface area (Å²) < 4.78 is 5.28. The molecule has 0 heterocycles. The molecule has 2 aromatic carbocycles. The highest BCUT2D eigenvalue weighted by Crippen LogP contribution is 2.25. The van der Waals surface area contributed by atoms with Crippen LogP contribution in [0, 0.1) is 6.92 Å². The fraction of sp³-hybridized carbons (Fsp3) is 0.444. The van der Waals surface area contributed by atoms with Crippen molar-refractivity contribution in [2.45, 2.75) is 72.6 Å². The normalized spacial score (nSPS) is 12.9. The van der Waals surface area contributed by atoms with Crippen LogP contribution < -0.4 is 10.6 Å². The molecule has 0 aliphatic carbocycles. The van der Waals surface area contributed by atoms with Crippen LogP contribution in [0.25, 0.3) is 0 Å². The fourth-order valence-corrected chi connectivity index (χ4v) is 3.58. The van der Waals surface area contributed by atoms with Crippen LogP contribution in [0.5, 0.6) is 0 Å². The van der Waals surface area contributed by atoms with E-state index in [1.807, 2.05) is 62.4 Å². The molecule has 7 nitrogen and oxygen atoms in total. The smallest absolute Gasteiger partial charge is 0.408 e.